The summed E-state index contributed by atoms with van der Waals surface area (Å²) in [5, 5.41) is 25.2. The van der Waals surface area contributed by atoms with Gasteiger partial charge in [-0.2, -0.15) is 0 Å². The van der Waals surface area contributed by atoms with Gasteiger partial charge in [0.05, 0.1) is 12.0 Å². The summed E-state index contributed by atoms with van der Waals surface area (Å²) in [4.78, 5) is 30.7. The lowest BCUT2D eigenvalue weighted by molar-refractivity contribution is -0.233. The van der Waals surface area contributed by atoms with Crippen LogP contribution >= 0.6 is 0 Å². The molecular weight excluding hydrogens is 487 g/mol. The topological polar surface area (TPSA) is 113 Å². The lowest BCUT2D eigenvalue weighted by Crippen LogP contribution is -2.51. The summed E-state index contributed by atoms with van der Waals surface area (Å²) in [6, 6.07) is -0.881. The van der Waals surface area contributed by atoms with Crippen molar-refractivity contribution in [2.75, 3.05) is 0 Å². The Labute approximate surface area is 226 Å². The van der Waals surface area contributed by atoms with Crippen molar-refractivity contribution < 1.29 is 28.6 Å². The molecule has 0 saturated heterocycles. The second-order valence-electron chi connectivity index (χ2n) is 11.6. The van der Waals surface area contributed by atoms with Crippen molar-refractivity contribution in [3.8, 4) is 0 Å². The molecule has 3 unspecified atom stereocenters. The minimum absolute atomic E-state index is 0.0109. The van der Waals surface area contributed by atoms with Gasteiger partial charge in [0.1, 0.15) is 23.6 Å². The molecule has 212 valence electrons. The first kappa shape index (κ1) is 31.6. The molecule has 0 aliphatic carbocycles. The molecule has 0 aromatic carbocycles. The molecule has 1 aliphatic rings. The maximum absolute atomic E-state index is 15.2. The molecular formula is C30H45FN2O5. The SMILES string of the molecule is CC(C)=CCC1C(=O)C(C)(C)CCC(=O)NC(C(F)=Cc2coc(C)n2)CC=C(C)CCCC(C)C1(O)O. The molecule has 0 bridgehead atoms. The number of ketones is 1. The van der Waals surface area contributed by atoms with Crippen LogP contribution in [0.25, 0.3) is 6.08 Å². The van der Waals surface area contributed by atoms with Gasteiger partial charge in [-0.3, -0.25) is 9.59 Å². The van der Waals surface area contributed by atoms with Gasteiger partial charge in [0.25, 0.3) is 0 Å². The number of aromatic nitrogens is 1. The Hall–Kier alpha value is -2.58. The Morgan fingerprint density at radius 1 is 1.24 bits per heavy atom. The van der Waals surface area contributed by atoms with Crippen molar-refractivity contribution in [3.63, 3.8) is 0 Å². The lowest BCUT2D eigenvalue weighted by atomic mass is 9.71. The average Bonchev–Trinajstić information content (AvgIpc) is 3.23. The van der Waals surface area contributed by atoms with Crippen LogP contribution in [0.4, 0.5) is 4.39 Å². The molecule has 38 heavy (non-hydrogen) atoms. The molecule has 1 amide bonds. The fraction of sp³-hybridized carbons (Fsp3) is 0.633. The molecule has 8 heteroatoms. The average molecular weight is 533 g/mol. The Kier molecular flexibility index (Phi) is 11.2. The van der Waals surface area contributed by atoms with E-state index in [4.69, 9.17) is 4.42 Å². The number of carbonyl (C=O) groups excluding carboxylic acids is 2. The van der Waals surface area contributed by atoms with Gasteiger partial charge >= 0.3 is 0 Å². The van der Waals surface area contributed by atoms with Gasteiger partial charge in [0.15, 0.2) is 11.7 Å². The number of halogens is 1. The molecule has 1 aromatic rings. The number of hydrogen-bond acceptors (Lipinski definition) is 6. The molecule has 1 aliphatic heterocycles. The first-order chi connectivity index (χ1) is 17.6. The maximum atomic E-state index is 15.2. The van der Waals surface area contributed by atoms with Gasteiger partial charge in [-0.05, 0) is 59.3 Å². The second-order valence-corrected chi connectivity index (χ2v) is 11.6. The summed E-state index contributed by atoms with van der Waals surface area (Å²) < 4.78 is 20.4. The molecule has 0 spiro atoms. The number of carbonyl (C=O) groups is 2. The summed E-state index contributed by atoms with van der Waals surface area (Å²) in [5.74, 6) is -4.56. The van der Waals surface area contributed by atoms with Gasteiger partial charge in [-0.15, -0.1) is 0 Å². The first-order valence-corrected chi connectivity index (χ1v) is 13.5. The highest BCUT2D eigenvalue weighted by Crippen LogP contribution is 2.38. The van der Waals surface area contributed by atoms with Crippen molar-refractivity contribution in [3.05, 3.63) is 47.0 Å². The third kappa shape index (κ3) is 9.02. The van der Waals surface area contributed by atoms with Crippen molar-refractivity contribution in [2.24, 2.45) is 17.3 Å². The summed E-state index contributed by atoms with van der Waals surface area (Å²) in [7, 11) is 0. The molecule has 3 N–H and O–H groups in total. The number of aryl methyl sites for hydroxylation is 1. The predicted molar refractivity (Wildman–Crippen MR) is 146 cm³/mol. The highest BCUT2D eigenvalue weighted by molar-refractivity contribution is 5.88. The third-order valence-corrected chi connectivity index (χ3v) is 7.46. The van der Waals surface area contributed by atoms with E-state index in [9.17, 15) is 19.8 Å². The smallest absolute Gasteiger partial charge is 0.220 e. The van der Waals surface area contributed by atoms with Crippen LogP contribution in [-0.2, 0) is 9.59 Å². The Balaban J connectivity index is 2.38. The van der Waals surface area contributed by atoms with Crippen molar-refractivity contribution in [1.82, 2.24) is 10.3 Å². The van der Waals surface area contributed by atoms with Crippen molar-refractivity contribution in [1.29, 1.82) is 0 Å². The van der Waals surface area contributed by atoms with E-state index >= 15 is 4.39 Å². The van der Waals surface area contributed by atoms with Gasteiger partial charge in [-0.25, -0.2) is 9.37 Å². The van der Waals surface area contributed by atoms with Gasteiger partial charge in [0.2, 0.25) is 5.91 Å². The van der Waals surface area contributed by atoms with Crippen LogP contribution in [0.3, 0.4) is 0 Å². The normalized spacial score (nSPS) is 25.9. The molecule has 3 atom stereocenters. The Morgan fingerprint density at radius 3 is 2.53 bits per heavy atom. The quantitative estimate of drug-likeness (QED) is 0.326. The third-order valence-electron chi connectivity index (χ3n) is 7.46. The van der Waals surface area contributed by atoms with Crippen molar-refractivity contribution >= 4 is 17.8 Å². The zero-order valence-electron chi connectivity index (χ0n) is 23.9. The van der Waals surface area contributed by atoms with E-state index < -0.39 is 34.9 Å². The maximum Gasteiger partial charge on any atom is 0.220 e. The number of nitrogens with one attached hydrogen (secondary N) is 1. The standard InChI is InChI=1S/C30H45FN2O5/c1-19(2)11-13-24-28(35)29(6,7)16-15-27(34)33-26(25(31)17-23-18-38-22(5)32-23)14-12-20(3)9-8-10-21(4)30(24,36)37/h11-12,17-18,21,24,26,36-37H,8-10,13-16H2,1-7H3,(H,33,34). The first-order valence-electron chi connectivity index (χ1n) is 13.5. The molecule has 0 radical (unpaired) electrons. The van der Waals surface area contributed by atoms with Crippen LogP contribution in [0.15, 0.2) is 39.8 Å². The van der Waals surface area contributed by atoms with E-state index in [1.54, 1.807) is 27.7 Å². The highest BCUT2D eigenvalue weighted by Gasteiger charge is 2.47. The molecule has 7 nitrogen and oxygen atoms in total. The van der Waals surface area contributed by atoms with Crippen LogP contribution in [0.5, 0.6) is 0 Å². The molecule has 0 fully saturated rings. The number of nitrogens with zero attached hydrogens (tertiary/aromatic N) is 1. The van der Waals surface area contributed by atoms with E-state index in [1.807, 2.05) is 32.9 Å². The Bertz CT molecular complexity index is 1060. The second kappa shape index (κ2) is 13.5. The summed E-state index contributed by atoms with van der Waals surface area (Å²) in [6.45, 7) is 12.6. The van der Waals surface area contributed by atoms with E-state index in [0.29, 0.717) is 30.8 Å². The molecule has 2 rings (SSSR count). The van der Waals surface area contributed by atoms with Crippen LogP contribution in [0.2, 0.25) is 0 Å². The van der Waals surface area contributed by atoms with Crippen LogP contribution in [0, 0.1) is 24.2 Å². The fourth-order valence-electron chi connectivity index (χ4n) is 4.71. The van der Waals surface area contributed by atoms with Crippen LogP contribution < -0.4 is 5.32 Å². The monoisotopic (exact) mass is 532 g/mol. The minimum atomic E-state index is -2.18. The number of aliphatic hydroxyl groups is 2. The van der Waals surface area contributed by atoms with E-state index in [-0.39, 0.29) is 37.4 Å². The summed E-state index contributed by atoms with van der Waals surface area (Å²) in [6.07, 6.45) is 8.85. The van der Waals surface area contributed by atoms with Gasteiger partial charge in [0, 0.05) is 30.8 Å². The number of hydrogen-bond donors (Lipinski definition) is 3. The largest absolute Gasteiger partial charge is 0.449 e. The number of Topliss-reactive ketones (excluding diaryl/α,β-unsaturated/α-hetero) is 1. The van der Waals surface area contributed by atoms with Gasteiger partial charge < -0.3 is 19.9 Å². The molecule has 2 heterocycles. The minimum Gasteiger partial charge on any atom is -0.449 e. The van der Waals surface area contributed by atoms with Crippen LogP contribution in [-0.4, -0.2) is 38.7 Å². The van der Waals surface area contributed by atoms with E-state index in [1.165, 1.54) is 12.3 Å². The predicted octanol–water partition coefficient (Wildman–Crippen LogP) is 5.96. The fourth-order valence-corrected chi connectivity index (χ4v) is 4.71. The molecule has 0 saturated carbocycles. The number of rotatable bonds is 4. The lowest BCUT2D eigenvalue weighted by Gasteiger charge is -2.39. The zero-order chi connectivity index (χ0) is 28.7. The van der Waals surface area contributed by atoms with Crippen LogP contribution in [0.1, 0.15) is 98.1 Å². The van der Waals surface area contributed by atoms with E-state index in [2.05, 4.69) is 10.3 Å². The summed E-state index contributed by atoms with van der Waals surface area (Å²) in [5.41, 5.74) is 1.33. The Morgan fingerprint density at radius 2 is 1.92 bits per heavy atom. The number of amides is 1. The zero-order valence-corrected chi connectivity index (χ0v) is 23.9. The summed E-state index contributed by atoms with van der Waals surface area (Å²) >= 11 is 0. The number of allylic oxidation sites excluding steroid dienone is 3. The number of oxazole rings is 1. The molecule has 1 aromatic heterocycles. The highest BCUT2D eigenvalue weighted by atomic mass is 19.1. The van der Waals surface area contributed by atoms with Gasteiger partial charge in [-0.1, -0.05) is 44.1 Å². The van der Waals surface area contributed by atoms with Crippen molar-refractivity contribution in [2.45, 2.75) is 105 Å². The van der Waals surface area contributed by atoms with E-state index in [0.717, 1.165) is 11.1 Å².